The Bertz CT molecular complexity index is 880. The zero-order valence-corrected chi connectivity index (χ0v) is 17.4. The number of anilines is 2. The van der Waals surface area contributed by atoms with E-state index in [0.717, 1.165) is 38.2 Å². The summed E-state index contributed by atoms with van der Waals surface area (Å²) in [5, 5.41) is 0. The summed E-state index contributed by atoms with van der Waals surface area (Å²) >= 11 is 0. The molecule has 2 saturated heterocycles. The van der Waals surface area contributed by atoms with Gasteiger partial charge in [0, 0.05) is 50.6 Å². The van der Waals surface area contributed by atoms with Crippen LogP contribution in [0.5, 0.6) is 0 Å². The molecule has 2 heterocycles. The van der Waals surface area contributed by atoms with Gasteiger partial charge in [-0.2, -0.15) is 4.31 Å². The SMILES string of the molecule is CCc1ccc(S(=O)(=O)N2CCN(c3ccc(N4CCCC4)cc3)CC2)cc1. The van der Waals surface area contributed by atoms with E-state index in [1.54, 1.807) is 16.4 Å². The van der Waals surface area contributed by atoms with Gasteiger partial charge in [0.05, 0.1) is 4.90 Å². The second-order valence-electron chi connectivity index (χ2n) is 7.60. The van der Waals surface area contributed by atoms with Crippen LogP contribution in [0.25, 0.3) is 0 Å². The highest BCUT2D eigenvalue weighted by atomic mass is 32.2. The third kappa shape index (κ3) is 3.89. The largest absolute Gasteiger partial charge is 0.372 e. The maximum absolute atomic E-state index is 12.9. The fraction of sp³-hybridized carbons (Fsp3) is 0.455. The van der Waals surface area contributed by atoms with E-state index in [1.165, 1.54) is 24.2 Å². The van der Waals surface area contributed by atoms with Gasteiger partial charge in [-0.15, -0.1) is 0 Å². The normalized spacial score (nSPS) is 18.6. The maximum atomic E-state index is 12.9. The van der Waals surface area contributed by atoms with E-state index >= 15 is 0 Å². The summed E-state index contributed by atoms with van der Waals surface area (Å²) in [6.07, 6.45) is 3.47. The Balaban J connectivity index is 1.39. The van der Waals surface area contributed by atoms with Crippen LogP contribution < -0.4 is 9.80 Å². The number of benzene rings is 2. The lowest BCUT2D eigenvalue weighted by molar-refractivity contribution is 0.385. The lowest BCUT2D eigenvalue weighted by Gasteiger charge is -2.35. The summed E-state index contributed by atoms with van der Waals surface area (Å²) in [7, 11) is -3.41. The smallest absolute Gasteiger partial charge is 0.243 e. The Morgan fingerprint density at radius 1 is 0.714 bits per heavy atom. The third-order valence-corrected chi connectivity index (χ3v) is 7.81. The minimum absolute atomic E-state index is 0.396. The lowest BCUT2D eigenvalue weighted by atomic mass is 10.2. The zero-order valence-electron chi connectivity index (χ0n) is 16.5. The van der Waals surface area contributed by atoms with Crippen LogP contribution in [0, 0.1) is 0 Å². The van der Waals surface area contributed by atoms with Crippen LogP contribution in [-0.2, 0) is 16.4 Å². The van der Waals surface area contributed by atoms with Crippen LogP contribution in [0.1, 0.15) is 25.3 Å². The molecule has 0 bridgehead atoms. The molecule has 5 nitrogen and oxygen atoms in total. The number of piperazine rings is 1. The van der Waals surface area contributed by atoms with Crippen LogP contribution >= 0.6 is 0 Å². The number of aryl methyl sites for hydroxylation is 1. The van der Waals surface area contributed by atoms with E-state index in [-0.39, 0.29) is 0 Å². The Kier molecular flexibility index (Phi) is 5.60. The molecule has 0 atom stereocenters. The molecule has 28 heavy (non-hydrogen) atoms. The molecule has 0 radical (unpaired) electrons. The molecule has 2 aromatic carbocycles. The van der Waals surface area contributed by atoms with E-state index in [0.29, 0.717) is 18.0 Å². The molecular weight excluding hydrogens is 370 g/mol. The van der Waals surface area contributed by atoms with Gasteiger partial charge < -0.3 is 9.80 Å². The summed E-state index contributed by atoms with van der Waals surface area (Å²) < 4.78 is 27.5. The molecule has 0 aliphatic carbocycles. The predicted octanol–water partition coefficient (Wildman–Crippen LogP) is 3.36. The molecule has 0 unspecified atom stereocenters. The fourth-order valence-corrected chi connectivity index (χ4v) is 5.50. The van der Waals surface area contributed by atoms with Gasteiger partial charge in [-0.3, -0.25) is 0 Å². The highest BCUT2D eigenvalue weighted by Crippen LogP contribution is 2.26. The molecule has 0 spiro atoms. The van der Waals surface area contributed by atoms with Gasteiger partial charge in [0.15, 0.2) is 0 Å². The van der Waals surface area contributed by atoms with Crippen LogP contribution in [0.2, 0.25) is 0 Å². The van der Waals surface area contributed by atoms with E-state index in [9.17, 15) is 8.42 Å². The van der Waals surface area contributed by atoms with Crippen molar-refractivity contribution in [1.29, 1.82) is 0 Å². The zero-order chi connectivity index (χ0) is 19.6. The molecule has 150 valence electrons. The molecule has 2 aliphatic heterocycles. The molecule has 0 N–H and O–H groups in total. The fourth-order valence-electron chi connectivity index (χ4n) is 4.08. The highest BCUT2D eigenvalue weighted by molar-refractivity contribution is 7.89. The van der Waals surface area contributed by atoms with Crippen molar-refractivity contribution in [3.05, 3.63) is 54.1 Å². The molecule has 6 heteroatoms. The van der Waals surface area contributed by atoms with Gasteiger partial charge in [-0.05, 0) is 61.2 Å². The van der Waals surface area contributed by atoms with Crippen molar-refractivity contribution < 1.29 is 8.42 Å². The van der Waals surface area contributed by atoms with Gasteiger partial charge in [0.2, 0.25) is 10.0 Å². The first-order valence-corrected chi connectivity index (χ1v) is 11.7. The van der Waals surface area contributed by atoms with Crippen LogP contribution in [0.4, 0.5) is 11.4 Å². The van der Waals surface area contributed by atoms with Crippen molar-refractivity contribution in [2.24, 2.45) is 0 Å². The average Bonchev–Trinajstić information content (AvgIpc) is 3.29. The first kappa shape index (κ1) is 19.3. The van der Waals surface area contributed by atoms with Crippen molar-refractivity contribution in [3.8, 4) is 0 Å². The summed E-state index contributed by atoms with van der Waals surface area (Å²) in [5.74, 6) is 0. The van der Waals surface area contributed by atoms with Gasteiger partial charge in [0.1, 0.15) is 0 Å². The standard InChI is InChI=1S/C22H29N3O2S/c1-2-19-5-11-22(12-6-19)28(26,27)25-17-15-24(16-18-25)21-9-7-20(8-10-21)23-13-3-4-14-23/h5-12H,2-4,13-18H2,1H3. The third-order valence-electron chi connectivity index (χ3n) is 5.89. The number of nitrogens with zero attached hydrogens (tertiary/aromatic N) is 3. The van der Waals surface area contributed by atoms with E-state index in [4.69, 9.17) is 0 Å². The summed E-state index contributed by atoms with van der Waals surface area (Å²) in [6, 6.07) is 16.0. The number of hydrogen-bond donors (Lipinski definition) is 0. The number of sulfonamides is 1. The van der Waals surface area contributed by atoms with Crippen molar-refractivity contribution >= 4 is 21.4 Å². The second kappa shape index (κ2) is 8.13. The Morgan fingerprint density at radius 3 is 1.71 bits per heavy atom. The van der Waals surface area contributed by atoms with Crippen LogP contribution in [0.3, 0.4) is 0 Å². The van der Waals surface area contributed by atoms with E-state index in [1.807, 2.05) is 12.1 Å². The molecule has 4 rings (SSSR count). The van der Waals surface area contributed by atoms with Crippen molar-refractivity contribution in [3.63, 3.8) is 0 Å². The van der Waals surface area contributed by atoms with Crippen LogP contribution in [0.15, 0.2) is 53.4 Å². The lowest BCUT2D eigenvalue weighted by Crippen LogP contribution is -2.48. The minimum atomic E-state index is -3.41. The molecule has 0 saturated carbocycles. The minimum Gasteiger partial charge on any atom is -0.372 e. The molecule has 2 aromatic rings. The van der Waals surface area contributed by atoms with Gasteiger partial charge in [-0.25, -0.2) is 8.42 Å². The maximum Gasteiger partial charge on any atom is 0.243 e. The van der Waals surface area contributed by atoms with Crippen molar-refractivity contribution in [1.82, 2.24) is 4.31 Å². The Hall–Kier alpha value is -2.05. The van der Waals surface area contributed by atoms with E-state index < -0.39 is 10.0 Å². The second-order valence-corrected chi connectivity index (χ2v) is 9.54. The summed E-state index contributed by atoms with van der Waals surface area (Å²) in [4.78, 5) is 5.10. The molecular formula is C22H29N3O2S. The first-order chi connectivity index (χ1) is 13.6. The quantitative estimate of drug-likeness (QED) is 0.773. The average molecular weight is 400 g/mol. The van der Waals surface area contributed by atoms with Gasteiger partial charge in [-0.1, -0.05) is 19.1 Å². The summed E-state index contributed by atoms with van der Waals surface area (Å²) in [5.41, 5.74) is 3.62. The molecule has 2 fully saturated rings. The highest BCUT2D eigenvalue weighted by Gasteiger charge is 2.28. The first-order valence-electron chi connectivity index (χ1n) is 10.3. The summed E-state index contributed by atoms with van der Waals surface area (Å²) in [6.45, 7) is 6.84. The predicted molar refractivity (Wildman–Crippen MR) is 115 cm³/mol. The topological polar surface area (TPSA) is 43.9 Å². The van der Waals surface area contributed by atoms with Crippen molar-refractivity contribution in [2.45, 2.75) is 31.1 Å². The van der Waals surface area contributed by atoms with E-state index in [2.05, 4.69) is 41.0 Å². The molecule has 2 aliphatic rings. The number of hydrogen-bond acceptors (Lipinski definition) is 4. The van der Waals surface area contributed by atoms with Crippen molar-refractivity contribution in [2.75, 3.05) is 49.1 Å². The molecule has 0 amide bonds. The van der Waals surface area contributed by atoms with Crippen LogP contribution in [-0.4, -0.2) is 52.0 Å². The Labute approximate surface area is 168 Å². The van der Waals surface area contributed by atoms with Gasteiger partial charge >= 0.3 is 0 Å². The molecule has 0 aromatic heterocycles. The number of rotatable bonds is 5. The van der Waals surface area contributed by atoms with Gasteiger partial charge in [0.25, 0.3) is 0 Å². The monoisotopic (exact) mass is 399 g/mol. The Morgan fingerprint density at radius 2 is 1.21 bits per heavy atom.